The molecule has 35 heavy (non-hydrogen) atoms. The van der Waals surface area contributed by atoms with Crippen LogP contribution in [0.1, 0.15) is 47.7 Å². The molecule has 0 aromatic heterocycles. The Balaban J connectivity index is 1.55. The monoisotopic (exact) mass is 503 g/mol. The summed E-state index contributed by atoms with van der Waals surface area (Å²) in [7, 11) is 1.29. The molecule has 2 N–H and O–H groups in total. The van der Waals surface area contributed by atoms with Crippen molar-refractivity contribution in [2.24, 2.45) is 0 Å². The van der Waals surface area contributed by atoms with Crippen molar-refractivity contribution >= 4 is 40.8 Å². The molecule has 2 aromatic carbocycles. The van der Waals surface area contributed by atoms with E-state index in [1.165, 1.54) is 36.3 Å². The number of esters is 1. The highest BCUT2D eigenvalue weighted by Crippen LogP contribution is 2.37. The van der Waals surface area contributed by atoms with Crippen LogP contribution in [0.2, 0.25) is 5.02 Å². The maximum Gasteiger partial charge on any atom is 0.328 e. The van der Waals surface area contributed by atoms with Gasteiger partial charge in [-0.15, -0.1) is 0 Å². The standard InChI is InChI=1S/C25H27ClFN3O5/c1-34-25(33)21-4-2-10-29(21)23(31)14-35-22-5-3-11-30(20-9-6-15(27)12-18(20)22)24(32)17-8-7-16(28)13-19(17)26/h6-9,12-13,21-22H,2-5,10-11,14,28H2,1H3/t21-,22?/m0/s1. The van der Waals surface area contributed by atoms with E-state index in [1.807, 2.05) is 0 Å². The van der Waals surface area contributed by atoms with Crippen LogP contribution in [0.25, 0.3) is 0 Å². The van der Waals surface area contributed by atoms with Gasteiger partial charge in [-0.05, 0) is 62.1 Å². The number of ether oxygens (including phenoxy) is 2. The van der Waals surface area contributed by atoms with E-state index in [2.05, 4.69) is 0 Å². The third kappa shape index (κ3) is 5.26. The summed E-state index contributed by atoms with van der Waals surface area (Å²) in [6.07, 6.45) is 1.67. The number of benzene rings is 2. The molecule has 0 spiro atoms. The number of hydrogen-bond acceptors (Lipinski definition) is 6. The number of hydrogen-bond donors (Lipinski definition) is 1. The average Bonchev–Trinajstić information content (AvgIpc) is 3.26. The second-order valence-corrected chi connectivity index (χ2v) is 9.02. The van der Waals surface area contributed by atoms with Crippen molar-refractivity contribution in [1.82, 2.24) is 4.90 Å². The molecule has 186 valence electrons. The molecule has 4 rings (SSSR count). The largest absolute Gasteiger partial charge is 0.467 e. The molecule has 0 aliphatic carbocycles. The van der Waals surface area contributed by atoms with Crippen molar-refractivity contribution < 1.29 is 28.2 Å². The molecule has 0 bridgehead atoms. The number of nitrogens with zero attached hydrogens (tertiary/aromatic N) is 2. The van der Waals surface area contributed by atoms with Gasteiger partial charge in [-0.3, -0.25) is 9.59 Å². The van der Waals surface area contributed by atoms with E-state index < -0.39 is 23.9 Å². The molecule has 10 heteroatoms. The lowest BCUT2D eigenvalue weighted by Gasteiger charge is -2.26. The van der Waals surface area contributed by atoms with Crippen molar-refractivity contribution in [1.29, 1.82) is 0 Å². The molecule has 0 radical (unpaired) electrons. The molecule has 2 aromatic rings. The number of halogens is 2. The molecule has 1 saturated heterocycles. The first kappa shape index (κ1) is 24.9. The first-order valence-electron chi connectivity index (χ1n) is 11.5. The maximum atomic E-state index is 14.3. The van der Waals surface area contributed by atoms with Crippen molar-refractivity contribution in [2.75, 3.05) is 37.4 Å². The second-order valence-electron chi connectivity index (χ2n) is 8.61. The Labute approximate surface area is 207 Å². The quantitative estimate of drug-likeness (QED) is 0.493. The van der Waals surface area contributed by atoms with E-state index in [0.29, 0.717) is 55.7 Å². The van der Waals surface area contributed by atoms with Gasteiger partial charge in [-0.1, -0.05) is 11.6 Å². The van der Waals surface area contributed by atoms with E-state index in [1.54, 1.807) is 17.0 Å². The number of rotatable bonds is 5. The third-order valence-corrected chi connectivity index (χ3v) is 6.71. The van der Waals surface area contributed by atoms with Crippen molar-refractivity contribution in [3.05, 3.63) is 58.4 Å². The Bertz CT molecular complexity index is 1140. The first-order valence-corrected chi connectivity index (χ1v) is 11.8. The zero-order chi connectivity index (χ0) is 25.1. The molecule has 1 unspecified atom stereocenters. The number of likely N-dealkylation sites (tertiary alicyclic amines) is 1. The molecular weight excluding hydrogens is 477 g/mol. The summed E-state index contributed by atoms with van der Waals surface area (Å²) in [5.74, 6) is -1.60. The fraction of sp³-hybridized carbons (Fsp3) is 0.400. The molecule has 2 amide bonds. The minimum Gasteiger partial charge on any atom is -0.467 e. The van der Waals surface area contributed by atoms with Crippen molar-refractivity contribution in [3.63, 3.8) is 0 Å². The lowest BCUT2D eigenvalue weighted by molar-refractivity contribution is -0.153. The summed E-state index contributed by atoms with van der Waals surface area (Å²) < 4.78 is 25.0. The van der Waals surface area contributed by atoms with Gasteiger partial charge in [0.15, 0.2) is 0 Å². The lowest BCUT2D eigenvalue weighted by Crippen LogP contribution is -2.43. The minimum absolute atomic E-state index is 0.229. The average molecular weight is 504 g/mol. The van der Waals surface area contributed by atoms with Gasteiger partial charge in [-0.2, -0.15) is 0 Å². The molecule has 2 heterocycles. The highest BCUT2D eigenvalue weighted by atomic mass is 35.5. The van der Waals surface area contributed by atoms with Gasteiger partial charge in [0.05, 0.1) is 23.8 Å². The molecule has 1 fully saturated rings. The highest BCUT2D eigenvalue weighted by Gasteiger charge is 2.36. The summed E-state index contributed by atoms with van der Waals surface area (Å²) >= 11 is 6.27. The molecule has 2 atom stereocenters. The third-order valence-electron chi connectivity index (χ3n) is 6.40. The number of methoxy groups -OCH3 is 1. The fourth-order valence-corrected chi connectivity index (χ4v) is 4.94. The van der Waals surface area contributed by atoms with Gasteiger partial charge in [0.25, 0.3) is 5.91 Å². The van der Waals surface area contributed by atoms with E-state index in [0.717, 1.165) is 0 Å². The number of fused-ring (bicyclic) bond motifs is 1. The van der Waals surface area contributed by atoms with Gasteiger partial charge in [0, 0.05) is 30.0 Å². The second kappa shape index (κ2) is 10.6. The van der Waals surface area contributed by atoms with E-state index in [9.17, 15) is 18.8 Å². The Hall–Kier alpha value is -3.17. The normalized spacial score (nSPS) is 19.7. The topological polar surface area (TPSA) is 102 Å². The van der Waals surface area contributed by atoms with E-state index in [-0.39, 0.29) is 29.0 Å². The minimum atomic E-state index is -0.618. The van der Waals surface area contributed by atoms with Crippen LogP contribution < -0.4 is 10.6 Å². The summed E-state index contributed by atoms with van der Waals surface area (Å²) in [6, 6.07) is 8.19. The Morgan fingerprint density at radius 3 is 2.63 bits per heavy atom. The van der Waals surface area contributed by atoms with Crippen LogP contribution in [0.4, 0.5) is 15.8 Å². The first-order chi connectivity index (χ1) is 16.8. The van der Waals surface area contributed by atoms with E-state index in [4.69, 9.17) is 26.8 Å². The predicted molar refractivity (Wildman–Crippen MR) is 129 cm³/mol. The van der Waals surface area contributed by atoms with Gasteiger partial charge in [0.1, 0.15) is 18.5 Å². The van der Waals surface area contributed by atoms with Crippen molar-refractivity contribution in [3.8, 4) is 0 Å². The number of carbonyl (C=O) groups is 3. The van der Waals surface area contributed by atoms with Gasteiger partial charge in [-0.25, -0.2) is 9.18 Å². The fourth-order valence-electron chi connectivity index (χ4n) is 4.68. The Morgan fingerprint density at radius 2 is 1.89 bits per heavy atom. The lowest BCUT2D eigenvalue weighted by atomic mass is 10.0. The summed E-state index contributed by atoms with van der Waals surface area (Å²) in [5.41, 5.74) is 7.45. The number of nitrogens with two attached hydrogens (primary N) is 1. The number of anilines is 2. The van der Waals surface area contributed by atoms with Crippen molar-refractivity contribution in [2.45, 2.75) is 37.8 Å². The smallest absolute Gasteiger partial charge is 0.328 e. The SMILES string of the molecule is COC(=O)[C@@H]1CCCN1C(=O)COC1CCCN(C(=O)c2ccc(N)cc2Cl)c2ccc(F)cc21. The zero-order valence-corrected chi connectivity index (χ0v) is 20.1. The van der Waals surface area contributed by atoms with Crippen LogP contribution in [0.3, 0.4) is 0 Å². The number of amides is 2. The Morgan fingerprint density at radius 1 is 1.11 bits per heavy atom. The van der Waals surface area contributed by atoms with Gasteiger partial charge in [0.2, 0.25) is 5.91 Å². The Kier molecular flexibility index (Phi) is 7.57. The highest BCUT2D eigenvalue weighted by molar-refractivity contribution is 6.34. The van der Waals surface area contributed by atoms with Crippen LogP contribution >= 0.6 is 11.6 Å². The van der Waals surface area contributed by atoms with Gasteiger partial charge >= 0.3 is 5.97 Å². The molecular formula is C25H27ClFN3O5. The molecule has 2 aliphatic rings. The summed E-state index contributed by atoms with van der Waals surface area (Å²) in [4.78, 5) is 41.2. The summed E-state index contributed by atoms with van der Waals surface area (Å²) in [6.45, 7) is 0.539. The summed E-state index contributed by atoms with van der Waals surface area (Å²) in [5, 5.41) is 0.229. The van der Waals surface area contributed by atoms with E-state index >= 15 is 0 Å². The van der Waals surface area contributed by atoms with Crippen LogP contribution in [0, 0.1) is 5.82 Å². The molecule has 2 aliphatic heterocycles. The zero-order valence-electron chi connectivity index (χ0n) is 19.3. The van der Waals surface area contributed by atoms with Crippen LogP contribution in [-0.4, -0.2) is 55.5 Å². The number of carbonyl (C=O) groups excluding carboxylic acids is 3. The van der Waals surface area contributed by atoms with Crippen LogP contribution in [0.5, 0.6) is 0 Å². The van der Waals surface area contributed by atoms with Gasteiger partial charge < -0.3 is 25.0 Å². The molecule has 0 saturated carbocycles. The molecule has 8 nitrogen and oxygen atoms in total. The predicted octanol–water partition coefficient (Wildman–Crippen LogP) is 3.72. The maximum absolute atomic E-state index is 14.3. The number of nitrogen functional groups attached to an aromatic ring is 1. The van der Waals surface area contributed by atoms with Crippen LogP contribution in [0.15, 0.2) is 36.4 Å². The van der Waals surface area contributed by atoms with Crippen LogP contribution in [-0.2, 0) is 19.1 Å².